The van der Waals surface area contributed by atoms with Crippen LogP contribution < -0.4 is 5.73 Å². The first kappa shape index (κ1) is 15.0. The monoisotopic (exact) mass is 310 g/mol. The van der Waals surface area contributed by atoms with Crippen molar-refractivity contribution in [3.8, 4) is 0 Å². The summed E-state index contributed by atoms with van der Waals surface area (Å²) in [5.41, 5.74) is 9.75. The van der Waals surface area contributed by atoms with Crippen molar-refractivity contribution >= 4 is 22.5 Å². The van der Waals surface area contributed by atoms with Crippen molar-refractivity contribution in [1.82, 2.24) is 4.98 Å². The van der Waals surface area contributed by atoms with Crippen LogP contribution in [0.25, 0.3) is 10.9 Å². The molecule has 3 rings (SSSR count). The normalized spacial score (nSPS) is 14.0. The first-order valence-corrected chi connectivity index (χ1v) is 7.86. The number of aromatic nitrogens is 1. The fourth-order valence-electron chi connectivity index (χ4n) is 2.89. The van der Waals surface area contributed by atoms with Crippen molar-refractivity contribution in [3.05, 3.63) is 76.9 Å². The molecule has 2 atom stereocenters. The predicted octanol–water partition coefficient (Wildman–Crippen LogP) is 4.56. The van der Waals surface area contributed by atoms with E-state index in [9.17, 15) is 0 Å². The van der Waals surface area contributed by atoms with Gasteiger partial charge in [0.1, 0.15) is 0 Å². The molecule has 1 aromatic heterocycles. The number of halogens is 1. The number of hydrogen-bond donors (Lipinski definition) is 1. The summed E-state index contributed by atoms with van der Waals surface area (Å²) in [5.74, 6) is 0.241. The Morgan fingerprint density at radius 1 is 1.05 bits per heavy atom. The summed E-state index contributed by atoms with van der Waals surface area (Å²) in [5, 5.41) is 1.92. The highest BCUT2D eigenvalue weighted by Gasteiger charge is 2.18. The topological polar surface area (TPSA) is 38.9 Å². The first-order valence-electron chi connectivity index (χ1n) is 7.49. The maximum atomic E-state index is 6.25. The standard InChI is InChI=1S/C19H19ClN2/c1-13(21)18(14-7-9-17(20)10-8-14)12-16-5-2-4-15-6-3-11-22-19(15)16/h2-11,13,18H,12,21H2,1H3. The zero-order chi connectivity index (χ0) is 15.5. The van der Waals surface area contributed by atoms with Crippen molar-refractivity contribution in [2.75, 3.05) is 0 Å². The first-order chi connectivity index (χ1) is 10.6. The second kappa shape index (κ2) is 6.47. The number of fused-ring (bicyclic) bond motifs is 1. The maximum Gasteiger partial charge on any atom is 0.0734 e. The summed E-state index contributed by atoms with van der Waals surface area (Å²) in [4.78, 5) is 4.54. The Bertz CT molecular complexity index is 760. The van der Waals surface area contributed by atoms with E-state index in [2.05, 4.69) is 48.3 Å². The van der Waals surface area contributed by atoms with E-state index >= 15 is 0 Å². The highest BCUT2D eigenvalue weighted by molar-refractivity contribution is 6.30. The molecule has 2 aromatic carbocycles. The van der Waals surface area contributed by atoms with Crippen molar-refractivity contribution in [2.45, 2.75) is 25.3 Å². The van der Waals surface area contributed by atoms with Gasteiger partial charge < -0.3 is 5.73 Å². The van der Waals surface area contributed by atoms with Gasteiger partial charge in [-0.05, 0) is 42.7 Å². The summed E-state index contributed by atoms with van der Waals surface area (Å²) in [6.07, 6.45) is 2.71. The molecule has 2 N–H and O–H groups in total. The minimum atomic E-state index is 0.0557. The van der Waals surface area contributed by atoms with Gasteiger partial charge in [0.2, 0.25) is 0 Å². The molecule has 0 aliphatic heterocycles. The lowest BCUT2D eigenvalue weighted by Crippen LogP contribution is -2.26. The van der Waals surface area contributed by atoms with E-state index < -0.39 is 0 Å². The molecule has 2 unspecified atom stereocenters. The molecule has 0 radical (unpaired) electrons. The average molecular weight is 311 g/mol. The summed E-state index contributed by atoms with van der Waals surface area (Å²) >= 11 is 5.99. The fraction of sp³-hybridized carbons (Fsp3) is 0.211. The largest absolute Gasteiger partial charge is 0.327 e. The van der Waals surface area contributed by atoms with Crippen molar-refractivity contribution in [2.24, 2.45) is 5.73 Å². The van der Waals surface area contributed by atoms with Crippen LogP contribution in [-0.4, -0.2) is 11.0 Å². The zero-order valence-corrected chi connectivity index (χ0v) is 13.3. The number of rotatable bonds is 4. The molecule has 0 saturated carbocycles. The van der Waals surface area contributed by atoms with Crippen LogP contribution in [0, 0.1) is 0 Å². The van der Waals surface area contributed by atoms with Crippen LogP contribution >= 0.6 is 11.6 Å². The summed E-state index contributed by atoms with van der Waals surface area (Å²) in [6.45, 7) is 2.05. The smallest absolute Gasteiger partial charge is 0.0734 e. The molecular weight excluding hydrogens is 292 g/mol. The zero-order valence-electron chi connectivity index (χ0n) is 12.5. The number of nitrogens with two attached hydrogens (primary N) is 1. The average Bonchev–Trinajstić information content (AvgIpc) is 2.53. The third-order valence-corrected chi connectivity index (χ3v) is 4.34. The van der Waals surface area contributed by atoms with Crippen molar-refractivity contribution < 1.29 is 0 Å². The number of para-hydroxylation sites is 1. The summed E-state index contributed by atoms with van der Waals surface area (Å²) in [6, 6.07) is 18.4. The predicted molar refractivity (Wildman–Crippen MR) is 93.3 cm³/mol. The molecule has 2 nitrogen and oxygen atoms in total. The lowest BCUT2D eigenvalue weighted by Gasteiger charge is -2.22. The number of hydrogen-bond acceptors (Lipinski definition) is 2. The van der Waals surface area contributed by atoms with Gasteiger partial charge in [-0.2, -0.15) is 0 Å². The van der Waals surface area contributed by atoms with Gasteiger partial charge in [-0.1, -0.05) is 48.0 Å². The van der Waals surface area contributed by atoms with Crippen LogP contribution in [0.3, 0.4) is 0 Å². The van der Waals surface area contributed by atoms with Crippen LogP contribution in [0.1, 0.15) is 24.0 Å². The van der Waals surface area contributed by atoms with E-state index in [1.54, 1.807) is 0 Å². The summed E-state index contributed by atoms with van der Waals surface area (Å²) in [7, 11) is 0. The maximum absolute atomic E-state index is 6.25. The molecule has 0 saturated heterocycles. The molecule has 0 spiro atoms. The van der Waals surface area contributed by atoms with Gasteiger partial charge in [-0.3, -0.25) is 4.98 Å². The Labute approximate surface area is 135 Å². The third-order valence-electron chi connectivity index (χ3n) is 4.09. The number of nitrogens with zero attached hydrogens (tertiary/aromatic N) is 1. The Kier molecular flexibility index (Phi) is 4.41. The Morgan fingerprint density at radius 3 is 2.50 bits per heavy atom. The van der Waals surface area contributed by atoms with Crippen LogP contribution in [0.4, 0.5) is 0 Å². The second-order valence-electron chi connectivity index (χ2n) is 5.71. The minimum Gasteiger partial charge on any atom is -0.327 e. The minimum absolute atomic E-state index is 0.0557. The van der Waals surface area contributed by atoms with Gasteiger partial charge in [0, 0.05) is 28.6 Å². The molecular formula is C19H19ClN2. The van der Waals surface area contributed by atoms with Crippen LogP contribution in [0.5, 0.6) is 0 Å². The van der Waals surface area contributed by atoms with Gasteiger partial charge in [-0.25, -0.2) is 0 Å². The number of benzene rings is 2. The molecule has 0 aliphatic rings. The third kappa shape index (κ3) is 3.13. The van der Waals surface area contributed by atoms with Crippen molar-refractivity contribution in [1.29, 1.82) is 0 Å². The summed E-state index contributed by atoms with van der Waals surface area (Å²) < 4.78 is 0. The molecule has 22 heavy (non-hydrogen) atoms. The van der Waals surface area contributed by atoms with E-state index in [0.717, 1.165) is 17.0 Å². The van der Waals surface area contributed by atoms with Crippen LogP contribution in [-0.2, 0) is 6.42 Å². The Morgan fingerprint density at radius 2 is 1.77 bits per heavy atom. The number of pyridine rings is 1. The fourth-order valence-corrected chi connectivity index (χ4v) is 3.01. The van der Waals surface area contributed by atoms with E-state index in [4.69, 9.17) is 17.3 Å². The molecule has 1 heterocycles. The quantitative estimate of drug-likeness (QED) is 0.767. The van der Waals surface area contributed by atoms with Gasteiger partial charge in [0.05, 0.1) is 5.52 Å². The van der Waals surface area contributed by atoms with Crippen molar-refractivity contribution in [3.63, 3.8) is 0 Å². The molecule has 112 valence electrons. The van der Waals surface area contributed by atoms with Crippen LogP contribution in [0.15, 0.2) is 60.8 Å². The SMILES string of the molecule is CC(N)C(Cc1cccc2cccnc12)c1ccc(Cl)cc1. The molecule has 3 heteroatoms. The van der Waals surface area contributed by atoms with E-state index in [1.165, 1.54) is 16.5 Å². The second-order valence-corrected chi connectivity index (χ2v) is 6.15. The molecule has 0 aliphatic carbocycles. The molecule has 3 aromatic rings. The van der Waals surface area contributed by atoms with Gasteiger partial charge in [0.15, 0.2) is 0 Å². The van der Waals surface area contributed by atoms with Gasteiger partial charge in [0.25, 0.3) is 0 Å². The lowest BCUT2D eigenvalue weighted by atomic mass is 9.86. The molecule has 0 fully saturated rings. The lowest BCUT2D eigenvalue weighted by molar-refractivity contribution is 0.566. The van der Waals surface area contributed by atoms with Gasteiger partial charge >= 0.3 is 0 Å². The highest BCUT2D eigenvalue weighted by Crippen LogP contribution is 2.27. The Balaban J connectivity index is 1.98. The molecule has 0 amide bonds. The van der Waals surface area contributed by atoms with E-state index in [1.807, 2.05) is 24.4 Å². The van der Waals surface area contributed by atoms with Crippen LogP contribution in [0.2, 0.25) is 5.02 Å². The highest BCUT2D eigenvalue weighted by atomic mass is 35.5. The molecule has 0 bridgehead atoms. The van der Waals surface area contributed by atoms with E-state index in [-0.39, 0.29) is 12.0 Å². The van der Waals surface area contributed by atoms with Gasteiger partial charge in [-0.15, -0.1) is 0 Å². The van der Waals surface area contributed by atoms with E-state index in [0.29, 0.717) is 0 Å². The Hall–Kier alpha value is -1.90.